The Bertz CT molecular complexity index is 853. The van der Waals surface area contributed by atoms with Crippen molar-refractivity contribution in [3.63, 3.8) is 0 Å². The van der Waals surface area contributed by atoms with Crippen molar-refractivity contribution in [1.29, 1.82) is 0 Å². The summed E-state index contributed by atoms with van der Waals surface area (Å²) in [5.41, 5.74) is 6.32. The number of benzene rings is 2. The lowest BCUT2D eigenvalue weighted by molar-refractivity contribution is 0.0694. The second-order valence-electron chi connectivity index (χ2n) is 6.91. The van der Waals surface area contributed by atoms with Crippen molar-refractivity contribution in [3.05, 3.63) is 76.4 Å². The van der Waals surface area contributed by atoms with Crippen molar-refractivity contribution in [3.8, 4) is 0 Å². The van der Waals surface area contributed by atoms with Crippen LogP contribution in [0.25, 0.3) is 0 Å². The van der Waals surface area contributed by atoms with Gasteiger partial charge in [-0.15, -0.1) is 0 Å². The highest BCUT2D eigenvalue weighted by Crippen LogP contribution is 2.51. The zero-order valence-electron chi connectivity index (χ0n) is 13.9. The number of allylic oxidation sites excluding steroid dienone is 2. The summed E-state index contributed by atoms with van der Waals surface area (Å²) in [5, 5.41) is 13.2. The average Bonchev–Trinajstić information content (AvgIpc) is 3.02. The minimum absolute atomic E-state index is 0.0194. The molecule has 0 aromatic heterocycles. The zero-order valence-corrected chi connectivity index (χ0v) is 13.9. The van der Waals surface area contributed by atoms with E-state index in [-0.39, 0.29) is 6.04 Å². The molecule has 2 aromatic carbocycles. The zero-order chi connectivity index (χ0) is 16.8. The van der Waals surface area contributed by atoms with Crippen molar-refractivity contribution in [2.45, 2.75) is 32.2 Å². The molecule has 0 amide bonds. The Balaban J connectivity index is 1.86. The molecule has 3 nitrogen and oxygen atoms in total. The van der Waals surface area contributed by atoms with E-state index in [9.17, 15) is 9.90 Å². The molecule has 0 radical (unpaired) electrons. The lowest BCUT2D eigenvalue weighted by atomic mass is 9.74. The highest BCUT2D eigenvalue weighted by molar-refractivity contribution is 5.90. The summed E-state index contributed by atoms with van der Waals surface area (Å²) in [7, 11) is 0. The maximum Gasteiger partial charge on any atom is 0.336 e. The molecule has 0 saturated carbocycles. The number of aromatic carboxylic acids is 1. The SMILES string of the molecule is Cc1cc(C)c2c(c1)N[C@H](c1ccccc1C(=O)O)[C@H]1CC=C[C@H]21. The van der Waals surface area contributed by atoms with Gasteiger partial charge in [0.15, 0.2) is 0 Å². The maximum atomic E-state index is 11.7. The Hall–Kier alpha value is -2.55. The summed E-state index contributed by atoms with van der Waals surface area (Å²) in [5.74, 6) is -0.144. The molecule has 122 valence electrons. The van der Waals surface area contributed by atoms with E-state index in [0.29, 0.717) is 17.4 Å². The molecule has 1 aliphatic carbocycles. The van der Waals surface area contributed by atoms with Crippen molar-refractivity contribution in [1.82, 2.24) is 0 Å². The quantitative estimate of drug-likeness (QED) is 0.780. The lowest BCUT2D eigenvalue weighted by Crippen LogP contribution is -2.30. The second-order valence-corrected chi connectivity index (χ2v) is 6.91. The molecule has 2 N–H and O–H groups in total. The molecule has 0 fully saturated rings. The summed E-state index contributed by atoms with van der Waals surface area (Å²) >= 11 is 0. The number of aryl methyl sites for hydroxylation is 2. The third kappa shape index (κ3) is 2.23. The molecule has 1 heterocycles. The normalized spacial score (nSPS) is 24.2. The van der Waals surface area contributed by atoms with E-state index in [2.05, 4.69) is 43.4 Å². The van der Waals surface area contributed by atoms with Crippen LogP contribution >= 0.6 is 0 Å². The molecular formula is C21H21NO2. The predicted molar refractivity (Wildman–Crippen MR) is 95.7 cm³/mol. The highest BCUT2D eigenvalue weighted by atomic mass is 16.4. The maximum absolute atomic E-state index is 11.7. The smallest absolute Gasteiger partial charge is 0.336 e. The van der Waals surface area contributed by atoms with Crippen LogP contribution in [0.3, 0.4) is 0 Å². The Labute approximate surface area is 142 Å². The predicted octanol–water partition coefficient (Wildman–Crippen LogP) is 4.83. The first-order chi connectivity index (χ1) is 11.6. The lowest BCUT2D eigenvalue weighted by Gasteiger charge is -2.39. The van der Waals surface area contributed by atoms with Crippen molar-refractivity contribution in [2.75, 3.05) is 5.32 Å². The van der Waals surface area contributed by atoms with E-state index in [1.54, 1.807) is 12.1 Å². The molecule has 2 aliphatic rings. The van der Waals surface area contributed by atoms with Crippen molar-refractivity contribution in [2.24, 2.45) is 5.92 Å². The molecule has 0 saturated heterocycles. The molecule has 24 heavy (non-hydrogen) atoms. The fourth-order valence-corrected chi connectivity index (χ4v) is 4.41. The first kappa shape index (κ1) is 15.0. The van der Waals surface area contributed by atoms with Crippen molar-refractivity contribution >= 4 is 11.7 Å². The van der Waals surface area contributed by atoms with Gasteiger partial charge in [-0.1, -0.05) is 36.4 Å². The molecular weight excluding hydrogens is 298 g/mol. The van der Waals surface area contributed by atoms with Gasteiger partial charge in [-0.3, -0.25) is 0 Å². The number of hydrogen-bond acceptors (Lipinski definition) is 2. The van der Waals surface area contributed by atoms with Gasteiger partial charge < -0.3 is 10.4 Å². The van der Waals surface area contributed by atoms with Gasteiger partial charge in [-0.05, 0) is 60.6 Å². The largest absolute Gasteiger partial charge is 0.478 e. The summed E-state index contributed by atoms with van der Waals surface area (Å²) < 4.78 is 0. The summed E-state index contributed by atoms with van der Waals surface area (Å²) in [4.78, 5) is 11.7. The van der Waals surface area contributed by atoms with E-state index in [1.807, 2.05) is 12.1 Å². The molecule has 3 heteroatoms. The average molecular weight is 319 g/mol. The second kappa shape index (κ2) is 5.52. The molecule has 0 unspecified atom stereocenters. The Morgan fingerprint density at radius 3 is 2.79 bits per heavy atom. The summed E-state index contributed by atoms with van der Waals surface area (Å²) in [6.45, 7) is 4.27. The fourth-order valence-electron chi connectivity index (χ4n) is 4.41. The van der Waals surface area contributed by atoms with Crippen LogP contribution in [0.1, 0.15) is 51.0 Å². The monoisotopic (exact) mass is 319 g/mol. The van der Waals surface area contributed by atoms with Gasteiger partial charge in [0.1, 0.15) is 0 Å². The van der Waals surface area contributed by atoms with Crippen LogP contribution in [0.15, 0.2) is 48.6 Å². The van der Waals surface area contributed by atoms with Crippen LogP contribution in [0, 0.1) is 19.8 Å². The number of carboxylic acid groups (broad SMARTS) is 1. The number of carbonyl (C=O) groups is 1. The Kier molecular flexibility index (Phi) is 3.45. The molecule has 3 atom stereocenters. The third-order valence-corrected chi connectivity index (χ3v) is 5.34. The van der Waals surface area contributed by atoms with Gasteiger partial charge in [-0.2, -0.15) is 0 Å². The van der Waals surface area contributed by atoms with Gasteiger partial charge in [-0.25, -0.2) is 4.79 Å². The van der Waals surface area contributed by atoms with Gasteiger partial charge in [0, 0.05) is 11.6 Å². The van der Waals surface area contributed by atoms with Gasteiger partial charge in [0.25, 0.3) is 0 Å². The van der Waals surface area contributed by atoms with Crippen LogP contribution in [-0.2, 0) is 0 Å². The molecule has 0 bridgehead atoms. The van der Waals surface area contributed by atoms with E-state index < -0.39 is 5.97 Å². The Morgan fingerprint density at radius 1 is 1.21 bits per heavy atom. The van der Waals surface area contributed by atoms with Crippen molar-refractivity contribution < 1.29 is 9.90 Å². The number of rotatable bonds is 2. The van der Waals surface area contributed by atoms with Crippen LogP contribution in [0.5, 0.6) is 0 Å². The first-order valence-corrected chi connectivity index (χ1v) is 8.43. The van der Waals surface area contributed by atoms with Gasteiger partial charge in [0.05, 0.1) is 11.6 Å². The standard InChI is InChI=1S/C21H21NO2/c1-12-10-13(2)19-14-8-5-9-15(14)20(22-18(19)11-12)16-6-3-4-7-17(16)21(23)24/h3-8,10-11,14-15,20,22H,9H2,1-2H3,(H,23,24)/t14-,15-,20-/m0/s1. The van der Waals surface area contributed by atoms with E-state index >= 15 is 0 Å². The first-order valence-electron chi connectivity index (χ1n) is 8.43. The van der Waals surface area contributed by atoms with E-state index in [4.69, 9.17) is 0 Å². The number of carboxylic acids is 1. The summed E-state index contributed by atoms with van der Waals surface area (Å²) in [6.07, 6.45) is 5.51. The van der Waals surface area contributed by atoms with Gasteiger partial charge >= 0.3 is 5.97 Å². The molecule has 4 rings (SSSR count). The van der Waals surface area contributed by atoms with Crippen LogP contribution in [-0.4, -0.2) is 11.1 Å². The molecule has 0 spiro atoms. The Morgan fingerprint density at radius 2 is 2.00 bits per heavy atom. The number of anilines is 1. The van der Waals surface area contributed by atoms with E-state index in [0.717, 1.165) is 17.7 Å². The topological polar surface area (TPSA) is 49.3 Å². The minimum atomic E-state index is -0.860. The number of fused-ring (bicyclic) bond motifs is 3. The molecule has 1 aliphatic heterocycles. The summed E-state index contributed by atoms with van der Waals surface area (Å²) in [6, 6.07) is 11.8. The fraction of sp³-hybridized carbons (Fsp3) is 0.286. The highest BCUT2D eigenvalue weighted by Gasteiger charge is 2.39. The number of hydrogen-bond donors (Lipinski definition) is 2. The van der Waals surface area contributed by atoms with Crippen LogP contribution < -0.4 is 5.32 Å². The number of nitrogens with one attached hydrogen (secondary N) is 1. The van der Waals surface area contributed by atoms with Gasteiger partial charge in [0.2, 0.25) is 0 Å². The third-order valence-electron chi connectivity index (χ3n) is 5.34. The van der Waals surface area contributed by atoms with Crippen LogP contribution in [0.2, 0.25) is 0 Å². The molecule has 2 aromatic rings. The van der Waals surface area contributed by atoms with E-state index in [1.165, 1.54) is 16.7 Å². The van der Waals surface area contributed by atoms with Crippen LogP contribution in [0.4, 0.5) is 5.69 Å². The minimum Gasteiger partial charge on any atom is -0.478 e.